The minimum atomic E-state index is -0.293. The van der Waals surface area contributed by atoms with Gasteiger partial charge >= 0.3 is 0 Å². The number of ether oxygens (including phenoxy) is 2. The summed E-state index contributed by atoms with van der Waals surface area (Å²) in [5.74, 6) is 0.944. The minimum Gasteiger partial charge on any atom is -0.493 e. The standard InChI is InChI=1S/C23H21BrN2O3/c1-16-7-9-17(10-8-16)15-29-21-12-11-18(13-22(21)28-2)14-25-26-23(27)19-5-3-4-6-20(19)24/h3-14H,15H2,1-2H3,(H,26,27)/b25-14+. The topological polar surface area (TPSA) is 59.9 Å². The van der Waals surface area contributed by atoms with Crippen LogP contribution >= 0.6 is 15.9 Å². The Morgan fingerprint density at radius 3 is 2.55 bits per heavy atom. The van der Waals surface area contributed by atoms with Crippen LogP contribution in [0.25, 0.3) is 0 Å². The summed E-state index contributed by atoms with van der Waals surface area (Å²) >= 11 is 3.35. The molecule has 29 heavy (non-hydrogen) atoms. The highest BCUT2D eigenvalue weighted by atomic mass is 79.9. The largest absolute Gasteiger partial charge is 0.493 e. The molecule has 148 valence electrons. The van der Waals surface area contributed by atoms with E-state index in [9.17, 15) is 4.79 Å². The fraction of sp³-hybridized carbons (Fsp3) is 0.130. The van der Waals surface area contributed by atoms with E-state index in [1.807, 2.05) is 30.3 Å². The number of halogens is 1. The minimum absolute atomic E-state index is 0.293. The van der Waals surface area contributed by atoms with Crippen LogP contribution in [0.5, 0.6) is 11.5 Å². The predicted molar refractivity (Wildman–Crippen MR) is 118 cm³/mol. The third kappa shape index (κ3) is 5.68. The Labute approximate surface area is 178 Å². The molecule has 0 heterocycles. The lowest BCUT2D eigenvalue weighted by Crippen LogP contribution is -2.18. The van der Waals surface area contributed by atoms with Crippen LogP contribution in [-0.4, -0.2) is 19.2 Å². The Hall–Kier alpha value is -3.12. The summed E-state index contributed by atoms with van der Waals surface area (Å²) in [4.78, 5) is 12.2. The quantitative estimate of drug-likeness (QED) is 0.400. The fourth-order valence-electron chi connectivity index (χ4n) is 2.60. The second-order valence-electron chi connectivity index (χ2n) is 6.36. The molecule has 0 radical (unpaired) electrons. The number of nitrogens with one attached hydrogen (secondary N) is 1. The van der Waals surface area contributed by atoms with Crippen LogP contribution in [0.4, 0.5) is 0 Å². The van der Waals surface area contributed by atoms with E-state index < -0.39 is 0 Å². The molecular formula is C23H21BrN2O3. The van der Waals surface area contributed by atoms with Crippen LogP contribution < -0.4 is 14.9 Å². The maximum Gasteiger partial charge on any atom is 0.272 e. The van der Waals surface area contributed by atoms with Gasteiger partial charge in [-0.15, -0.1) is 0 Å². The van der Waals surface area contributed by atoms with Gasteiger partial charge in [0.25, 0.3) is 5.91 Å². The van der Waals surface area contributed by atoms with Gasteiger partial charge in [-0.2, -0.15) is 5.10 Å². The Bertz CT molecular complexity index is 1020. The van der Waals surface area contributed by atoms with Gasteiger partial charge in [0, 0.05) is 4.47 Å². The number of hydrogen-bond donors (Lipinski definition) is 1. The summed E-state index contributed by atoms with van der Waals surface area (Å²) in [5.41, 5.74) is 6.10. The van der Waals surface area contributed by atoms with Crippen LogP contribution in [0.1, 0.15) is 27.0 Å². The molecule has 0 spiro atoms. The van der Waals surface area contributed by atoms with Crippen molar-refractivity contribution in [3.05, 3.63) is 93.5 Å². The van der Waals surface area contributed by atoms with Gasteiger partial charge in [0.1, 0.15) is 6.61 Å². The van der Waals surface area contributed by atoms with Crippen molar-refractivity contribution in [1.82, 2.24) is 5.43 Å². The highest BCUT2D eigenvalue weighted by molar-refractivity contribution is 9.10. The number of hydrazone groups is 1. The predicted octanol–water partition coefficient (Wildman–Crippen LogP) is 5.11. The Kier molecular flexibility index (Phi) is 7.03. The summed E-state index contributed by atoms with van der Waals surface area (Å²) in [7, 11) is 1.59. The fourth-order valence-corrected chi connectivity index (χ4v) is 3.06. The molecular weight excluding hydrogens is 432 g/mol. The van der Waals surface area contributed by atoms with Gasteiger partial charge in [0.05, 0.1) is 18.9 Å². The number of aryl methyl sites for hydroxylation is 1. The summed E-state index contributed by atoms with van der Waals surface area (Å²) in [6.45, 7) is 2.50. The van der Waals surface area contributed by atoms with Crippen LogP contribution in [-0.2, 0) is 6.61 Å². The number of nitrogens with zero attached hydrogens (tertiary/aromatic N) is 1. The molecule has 0 saturated heterocycles. The lowest BCUT2D eigenvalue weighted by atomic mass is 10.2. The van der Waals surface area contributed by atoms with Crippen molar-refractivity contribution in [3.63, 3.8) is 0 Å². The molecule has 0 fully saturated rings. The van der Waals surface area contributed by atoms with E-state index in [0.29, 0.717) is 28.1 Å². The number of hydrogen-bond acceptors (Lipinski definition) is 4. The van der Waals surface area contributed by atoms with Gasteiger partial charge in [0.15, 0.2) is 11.5 Å². The van der Waals surface area contributed by atoms with Crippen molar-refractivity contribution in [3.8, 4) is 11.5 Å². The first-order chi connectivity index (χ1) is 14.1. The molecule has 1 N–H and O–H groups in total. The average molecular weight is 453 g/mol. The number of benzene rings is 3. The average Bonchev–Trinajstić information content (AvgIpc) is 2.74. The molecule has 3 aromatic rings. The molecule has 5 nitrogen and oxygen atoms in total. The van der Waals surface area contributed by atoms with E-state index in [0.717, 1.165) is 11.1 Å². The number of methoxy groups -OCH3 is 1. The van der Waals surface area contributed by atoms with E-state index >= 15 is 0 Å². The van der Waals surface area contributed by atoms with Gasteiger partial charge < -0.3 is 9.47 Å². The zero-order valence-electron chi connectivity index (χ0n) is 16.2. The number of carbonyl (C=O) groups is 1. The number of rotatable bonds is 7. The van der Waals surface area contributed by atoms with Crippen LogP contribution in [0.2, 0.25) is 0 Å². The SMILES string of the molecule is COc1cc(/C=N/NC(=O)c2ccccc2Br)ccc1OCc1ccc(C)cc1. The van der Waals surface area contributed by atoms with Gasteiger partial charge in [0.2, 0.25) is 0 Å². The molecule has 6 heteroatoms. The molecule has 0 bridgehead atoms. The third-order valence-electron chi connectivity index (χ3n) is 4.20. The molecule has 0 aliphatic rings. The van der Waals surface area contributed by atoms with Crippen LogP contribution in [0.3, 0.4) is 0 Å². The molecule has 1 amide bonds. The maximum atomic E-state index is 12.2. The normalized spacial score (nSPS) is 10.7. The van der Waals surface area contributed by atoms with Crippen molar-refractivity contribution in [2.75, 3.05) is 7.11 Å². The van der Waals surface area contributed by atoms with Crippen LogP contribution in [0, 0.1) is 6.92 Å². The molecule has 0 aromatic heterocycles. The van der Waals surface area contributed by atoms with Gasteiger partial charge in [-0.25, -0.2) is 5.43 Å². The lowest BCUT2D eigenvalue weighted by molar-refractivity contribution is 0.0954. The first-order valence-corrected chi connectivity index (χ1v) is 9.80. The lowest BCUT2D eigenvalue weighted by Gasteiger charge is -2.11. The van der Waals surface area contributed by atoms with Crippen molar-refractivity contribution < 1.29 is 14.3 Å². The van der Waals surface area contributed by atoms with Crippen molar-refractivity contribution >= 4 is 28.1 Å². The Morgan fingerprint density at radius 1 is 1.07 bits per heavy atom. The second kappa shape index (κ2) is 9.89. The van der Waals surface area contributed by atoms with Gasteiger partial charge in [-0.05, 0) is 64.3 Å². The van der Waals surface area contributed by atoms with E-state index in [1.54, 1.807) is 37.6 Å². The molecule has 0 aliphatic carbocycles. The van der Waals surface area contributed by atoms with E-state index in [4.69, 9.17) is 9.47 Å². The Morgan fingerprint density at radius 2 is 1.83 bits per heavy atom. The van der Waals surface area contributed by atoms with Crippen molar-refractivity contribution in [2.45, 2.75) is 13.5 Å². The van der Waals surface area contributed by atoms with Gasteiger partial charge in [-0.1, -0.05) is 42.0 Å². The third-order valence-corrected chi connectivity index (χ3v) is 4.89. The monoisotopic (exact) mass is 452 g/mol. The van der Waals surface area contributed by atoms with E-state index in [-0.39, 0.29) is 5.91 Å². The first-order valence-electron chi connectivity index (χ1n) is 9.01. The smallest absolute Gasteiger partial charge is 0.272 e. The van der Waals surface area contributed by atoms with Crippen molar-refractivity contribution in [1.29, 1.82) is 0 Å². The molecule has 3 rings (SSSR count). The highest BCUT2D eigenvalue weighted by Gasteiger charge is 2.08. The van der Waals surface area contributed by atoms with E-state index in [2.05, 4.69) is 45.5 Å². The molecule has 0 unspecified atom stereocenters. The molecule has 0 atom stereocenters. The molecule has 0 aliphatic heterocycles. The second-order valence-corrected chi connectivity index (χ2v) is 7.22. The summed E-state index contributed by atoms with van der Waals surface area (Å²) in [6, 6.07) is 20.8. The van der Waals surface area contributed by atoms with Crippen molar-refractivity contribution in [2.24, 2.45) is 5.10 Å². The number of amides is 1. The van der Waals surface area contributed by atoms with E-state index in [1.165, 1.54) is 5.56 Å². The van der Waals surface area contributed by atoms with Crippen LogP contribution in [0.15, 0.2) is 76.3 Å². The first kappa shape index (κ1) is 20.6. The summed E-state index contributed by atoms with van der Waals surface area (Å²) in [5, 5.41) is 4.02. The Balaban J connectivity index is 1.63. The summed E-state index contributed by atoms with van der Waals surface area (Å²) < 4.78 is 12.0. The zero-order chi connectivity index (χ0) is 20.6. The molecule has 0 saturated carbocycles. The maximum absolute atomic E-state index is 12.2. The van der Waals surface area contributed by atoms with Gasteiger partial charge in [-0.3, -0.25) is 4.79 Å². The summed E-state index contributed by atoms with van der Waals surface area (Å²) in [6.07, 6.45) is 1.56. The molecule has 3 aromatic carbocycles. The number of carbonyl (C=O) groups excluding carboxylic acids is 1. The highest BCUT2D eigenvalue weighted by Crippen LogP contribution is 2.28. The zero-order valence-corrected chi connectivity index (χ0v) is 17.8.